The maximum Gasteiger partial charge on any atom is 0.165 e. The van der Waals surface area contributed by atoms with Crippen molar-refractivity contribution < 1.29 is 0 Å². The van der Waals surface area contributed by atoms with Gasteiger partial charge in [-0.25, -0.2) is 15.0 Å². The van der Waals surface area contributed by atoms with Gasteiger partial charge < -0.3 is 0 Å². The molecular weight excluding hydrogens is 639 g/mol. The first kappa shape index (κ1) is 29.4. The Morgan fingerprint density at radius 3 is 1.53 bits per heavy atom. The molecule has 0 aliphatic carbocycles. The minimum absolute atomic E-state index is 0.644. The van der Waals surface area contributed by atoms with E-state index in [1.54, 1.807) is 11.3 Å². The molecule has 0 radical (unpaired) electrons. The Labute approximate surface area is 299 Å². The van der Waals surface area contributed by atoms with Gasteiger partial charge in [-0.2, -0.15) is 0 Å². The summed E-state index contributed by atoms with van der Waals surface area (Å²) >= 11 is 1.79. The topological polar surface area (TPSA) is 38.7 Å². The molecule has 0 unspecified atom stereocenters. The second-order valence-corrected chi connectivity index (χ2v) is 13.8. The van der Waals surface area contributed by atoms with Crippen molar-refractivity contribution in [3.8, 4) is 56.4 Å². The lowest BCUT2D eigenvalue weighted by Crippen LogP contribution is -2.01. The predicted molar refractivity (Wildman–Crippen MR) is 215 cm³/mol. The second kappa shape index (κ2) is 12.1. The van der Waals surface area contributed by atoms with Gasteiger partial charge in [0, 0.05) is 36.9 Å². The maximum absolute atomic E-state index is 5.27. The number of rotatable bonds is 5. The van der Waals surface area contributed by atoms with Crippen LogP contribution in [0.1, 0.15) is 0 Å². The molecule has 51 heavy (non-hydrogen) atoms. The molecule has 0 N–H and O–H groups in total. The third-order valence-electron chi connectivity index (χ3n) is 9.77. The Kier molecular flexibility index (Phi) is 7.00. The zero-order valence-electron chi connectivity index (χ0n) is 27.5. The largest absolute Gasteiger partial charge is 0.208 e. The molecule has 10 rings (SSSR count). The molecule has 0 fully saturated rings. The predicted octanol–water partition coefficient (Wildman–Crippen LogP) is 12.9. The van der Waals surface area contributed by atoms with Crippen molar-refractivity contribution in [2.45, 2.75) is 0 Å². The standard InChI is InChI=1S/C47H29N3S/c1-3-16-34-30(12-1)14-9-21-35(34)32-26-28-33(29-27-32)45-48-46(41-20-6-5-18-38(41)37-22-10-15-31-13-2-4-17-36(31)37)50-47(49-45)42-24-11-23-40-39-19-7-8-25-43(39)51-44(40)42/h1-29H. The zero-order valence-corrected chi connectivity index (χ0v) is 28.3. The van der Waals surface area contributed by atoms with Crippen molar-refractivity contribution in [2.24, 2.45) is 0 Å². The third-order valence-corrected chi connectivity index (χ3v) is 11.0. The molecule has 3 nitrogen and oxygen atoms in total. The van der Waals surface area contributed by atoms with E-state index in [4.69, 9.17) is 15.0 Å². The zero-order chi connectivity index (χ0) is 33.7. The van der Waals surface area contributed by atoms with Crippen LogP contribution >= 0.6 is 11.3 Å². The second-order valence-electron chi connectivity index (χ2n) is 12.8. The Balaban J connectivity index is 1.18. The van der Waals surface area contributed by atoms with E-state index < -0.39 is 0 Å². The highest BCUT2D eigenvalue weighted by molar-refractivity contribution is 7.26. The quantitative estimate of drug-likeness (QED) is 0.183. The summed E-state index contributed by atoms with van der Waals surface area (Å²) in [5.41, 5.74) is 7.51. The van der Waals surface area contributed by atoms with Crippen LogP contribution in [0.2, 0.25) is 0 Å². The highest BCUT2D eigenvalue weighted by atomic mass is 32.1. The van der Waals surface area contributed by atoms with Gasteiger partial charge in [0.1, 0.15) is 0 Å². The maximum atomic E-state index is 5.27. The average molecular weight is 668 g/mol. The molecule has 0 atom stereocenters. The smallest absolute Gasteiger partial charge is 0.165 e. The molecule has 0 bridgehead atoms. The Bertz CT molecular complexity index is 2910. The minimum atomic E-state index is 0.644. The number of hydrogen-bond donors (Lipinski definition) is 0. The SMILES string of the molecule is c1ccc(-c2cccc3ccccc23)c(-c2nc(-c3ccc(-c4cccc5ccccc45)cc3)nc(-c3cccc4c3sc3ccccc34)n2)c1. The van der Waals surface area contributed by atoms with E-state index in [-0.39, 0.29) is 0 Å². The van der Waals surface area contributed by atoms with Gasteiger partial charge in [-0.1, -0.05) is 164 Å². The monoisotopic (exact) mass is 667 g/mol. The Morgan fingerprint density at radius 1 is 0.294 bits per heavy atom. The minimum Gasteiger partial charge on any atom is -0.208 e. The number of hydrogen-bond acceptors (Lipinski definition) is 4. The van der Waals surface area contributed by atoms with E-state index in [0.717, 1.165) is 33.4 Å². The lowest BCUT2D eigenvalue weighted by Gasteiger charge is -2.14. The molecule has 10 aromatic rings. The van der Waals surface area contributed by atoms with Crippen LogP contribution in [0, 0.1) is 0 Å². The van der Waals surface area contributed by atoms with Gasteiger partial charge in [0.15, 0.2) is 17.5 Å². The van der Waals surface area contributed by atoms with Gasteiger partial charge in [-0.3, -0.25) is 0 Å². The molecule has 0 saturated carbocycles. The summed E-state index contributed by atoms with van der Waals surface area (Å²) in [6.45, 7) is 0. The first-order valence-corrected chi connectivity index (χ1v) is 17.9. The Hall–Kier alpha value is -6.49. The van der Waals surface area contributed by atoms with Gasteiger partial charge >= 0.3 is 0 Å². The summed E-state index contributed by atoms with van der Waals surface area (Å²) in [6.07, 6.45) is 0. The molecule has 2 aromatic heterocycles. The van der Waals surface area contributed by atoms with E-state index >= 15 is 0 Å². The fourth-order valence-corrected chi connectivity index (χ4v) is 8.53. The van der Waals surface area contributed by atoms with E-state index in [0.29, 0.717) is 17.5 Å². The molecule has 0 amide bonds. The fraction of sp³-hybridized carbons (Fsp3) is 0. The number of aromatic nitrogens is 3. The van der Waals surface area contributed by atoms with Crippen molar-refractivity contribution >= 4 is 53.1 Å². The normalized spacial score (nSPS) is 11.5. The van der Waals surface area contributed by atoms with Crippen LogP contribution in [0.3, 0.4) is 0 Å². The van der Waals surface area contributed by atoms with E-state index in [9.17, 15) is 0 Å². The van der Waals surface area contributed by atoms with E-state index in [2.05, 4.69) is 176 Å². The number of nitrogens with zero attached hydrogens (tertiary/aromatic N) is 3. The van der Waals surface area contributed by atoms with Crippen LogP contribution in [0.5, 0.6) is 0 Å². The summed E-state index contributed by atoms with van der Waals surface area (Å²) in [6, 6.07) is 62.1. The highest BCUT2D eigenvalue weighted by Gasteiger charge is 2.19. The van der Waals surface area contributed by atoms with Crippen molar-refractivity contribution in [3.05, 3.63) is 176 Å². The van der Waals surface area contributed by atoms with Gasteiger partial charge in [-0.05, 0) is 55.9 Å². The van der Waals surface area contributed by atoms with Crippen LogP contribution < -0.4 is 0 Å². The van der Waals surface area contributed by atoms with Crippen LogP contribution in [0.25, 0.3) is 98.1 Å². The van der Waals surface area contributed by atoms with Crippen molar-refractivity contribution in [1.82, 2.24) is 15.0 Å². The molecule has 2 heterocycles. The molecular formula is C47H29N3S. The lowest BCUT2D eigenvalue weighted by molar-refractivity contribution is 1.08. The van der Waals surface area contributed by atoms with Gasteiger partial charge in [0.25, 0.3) is 0 Å². The van der Waals surface area contributed by atoms with Gasteiger partial charge in [0.2, 0.25) is 0 Å². The molecule has 0 aliphatic rings. The first-order valence-electron chi connectivity index (χ1n) is 17.1. The molecule has 0 spiro atoms. The van der Waals surface area contributed by atoms with Gasteiger partial charge in [0.05, 0.1) is 0 Å². The number of fused-ring (bicyclic) bond motifs is 5. The summed E-state index contributed by atoms with van der Waals surface area (Å²) in [5, 5.41) is 7.32. The van der Waals surface area contributed by atoms with Crippen LogP contribution in [-0.4, -0.2) is 15.0 Å². The van der Waals surface area contributed by atoms with E-state index in [1.807, 2.05) is 0 Å². The fourth-order valence-electron chi connectivity index (χ4n) is 7.32. The average Bonchev–Trinajstić information content (AvgIpc) is 3.59. The van der Waals surface area contributed by atoms with Crippen molar-refractivity contribution in [1.29, 1.82) is 0 Å². The summed E-state index contributed by atoms with van der Waals surface area (Å²) in [4.78, 5) is 15.7. The molecule has 0 saturated heterocycles. The summed E-state index contributed by atoms with van der Waals surface area (Å²) < 4.78 is 2.43. The van der Waals surface area contributed by atoms with Gasteiger partial charge in [-0.15, -0.1) is 11.3 Å². The van der Waals surface area contributed by atoms with Crippen LogP contribution in [-0.2, 0) is 0 Å². The van der Waals surface area contributed by atoms with Crippen LogP contribution in [0.15, 0.2) is 176 Å². The van der Waals surface area contributed by atoms with Crippen LogP contribution in [0.4, 0.5) is 0 Å². The molecule has 8 aromatic carbocycles. The summed E-state index contributed by atoms with van der Waals surface area (Å²) in [7, 11) is 0. The highest BCUT2D eigenvalue weighted by Crippen LogP contribution is 2.41. The number of thiophene rings is 1. The first-order chi connectivity index (χ1) is 25.3. The Morgan fingerprint density at radius 2 is 0.765 bits per heavy atom. The lowest BCUT2D eigenvalue weighted by atomic mass is 9.94. The van der Waals surface area contributed by atoms with E-state index in [1.165, 1.54) is 47.3 Å². The third kappa shape index (κ3) is 5.08. The molecule has 238 valence electrons. The molecule has 4 heteroatoms. The summed E-state index contributed by atoms with van der Waals surface area (Å²) in [5.74, 6) is 1.96. The van der Waals surface area contributed by atoms with Crippen molar-refractivity contribution in [3.63, 3.8) is 0 Å². The number of benzene rings is 8. The van der Waals surface area contributed by atoms with Crippen molar-refractivity contribution in [2.75, 3.05) is 0 Å². The molecule has 0 aliphatic heterocycles.